The number of nitrogens with zero attached hydrogens (tertiary/aromatic N) is 3. The standard InChI is InChI=1S/C20H19N3O2S/c1-3-13-23(16-10-5-4-6-11-16)18(24)14-26-20-22-21-19(25-20)17-12-8-7-9-15(17)2/h3-12H,1,13-14H2,2H3. The van der Waals surface area contributed by atoms with Crippen molar-refractivity contribution in [3.8, 4) is 11.5 Å². The van der Waals surface area contributed by atoms with Gasteiger partial charge in [-0.2, -0.15) is 0 Å². The van der Waals surface area contributed by atoms with Gasteiger partial charge < -0.3 is 9.32 Å². The number of amides is 1. The number of carbonyl (C=O) groups is 1. The summed E-state index contributed by atoms with van der Waals surface area (Å²) in [6, 6.07) is 17.3. The third kappa shape index (κ3) is 4.21. The Kier molecular flexibility index (Phi) is 5.86. The molecule has 0 spiro atoms. The van der Waals surface area contributed by atoms with Crippen molar-refractivity contribution in [2.75, 3.05) is 17.2 Å². The van der Waals surface area contributed by atoms with Crippen molar-refractivity contribution in [3.63, 3.8) is 0 Å². The zero-order valence-electron chi connectivity index (χ0n) is 14.5. The second-order valence-electron chi connectivity index (χ2n) is 5.61. The van der Waals surface area contributed by atoms with Crippen molar-refractivity contribution >= 4 is 23.4 Å². The van der Waals surface area contributed by atoms with Gasteiger partial charge in [-0.3, -0.25) is 4.79 Å². The number of carbonyl (C=O) groups excluding carboxylic acids is 1. The van der Waals surface area contributed by atoms with Gasteiger partial charge in [0.1, 0.15) is 0 Å². The van der Waals surface area contributed by atoms with E-state index in [1.54, 1.807) is 11.0 Å². The summed E-state index contributed by atoms with van der Waals surface area (Å²) in [7, 11) is 0. The van der Waals surface area contributed by atoms with Crippen LogP contribution < -0.4 is 4.90 Å². The van der Waals surface area contributed by atoms with Crippen LogP contribution in [0.4, 0.5) is 5.69 Å². The highest BCUT2D eigenvalue weighted by Gasteiger charge is 2.17. The number of thioether (sulfide) groups is 1. The highest BCUT2D eigenvalue weighted by molar-refractivity contribution is 7.99. The van der Waals surface area contributed by atoms with Crippen molar-refractivity contribution in [1.82, 2.24) is 10.2 Å². The topological polar surface area (TPSA) is 59.2 Å². The summed E-state index contributed by atoms with van der Waals surface area (Å²) in [6.45, 7) is 6.17. The molecule has 0 fully saturated rings. The van der Waals surface area contributed by atoms with Gasteiger partial charge in [-0.15, -0.1) is 16.8 Å². The Morgan fingerprint density at radius 3 is 2.62 bits per heavy atom. The molecule has 0 saturated heterocycles. The minimum Gasteiger partial charge on any atom is -0.411 e. The van der Waals surface area contributed by atoms with E-state index >= 15 is 0 Å². The van der Waals surface area contributed by atoms with Crippen LogP contribution >= 0.6 is 11.8 Å². The first-order valence-electron chi connectivity index (χ1n) is 8.17. The molecule has 5 nitrogen and oxygen atoms in total. The average molecular weight is 365 g/mol. The fourth-order valence-electron chi connectivity index (χ4n) is 2.48. The van der Waals surface area contributed by atoms with E-state index in [-0.39, 0.29) is 11.7 Å². The molecule has 0 bridgehead atoms. The molecule has 0 unspecified atom stereocenters. The van der Waals surface area contributed by atoms with Gasteiger partial charge in [0.2, 0.25) is 11.8 Å². The molecule has 2 aromatic carbocycles. The van der Waals surface area contributed by atoms with Crippen molar-refractivity contribution in [1.29, 1.82) is 0 Å². The van der Waals surface area contributed by atoms with Crippen molar-refractivity contribution in [2.45, 2.75) is 12.1 Å². The monoisotopic (exact) mass is 365 g/mol. The van der Waals surface area contributed by atoms with E-state index < -0.39 is 0 Å². The molecular formula is C20H19N3O2S. The molecule has 0 atom stereocenters. The van der Waals surface area contributed by atoms with E-state index in [0.717, 1.165) is 16.8 Å². The minimum atomic E-state index is -0.0447. The molecule has 1 amide bonds. The van der Waals surface area contributed by atoms with Crippen LogP contribution in [0.15, 0.2) is 76.9 Å². The second kappa shape index (κ2) is 8.49. The van der Waals surface area contributed by atoms with Crippen LogP contribution in [0.2, 0.25) is 0 Å². The zero-order chi connectivity index (χ0) is 18.4. The van der Waals surface area contributed by atoms with Crippen LogP contribution in [0.1, 0.15) is 5.56 Å². The second-order valence-corrected chi connectivity index (χ2v) is 6.53. The normalized spacial score (nSPS) is 10.5. The smallest absolute Gasteiger partial charge is 0.277 e. The Hall–Kier alpha value is -2.86. The molecule has 6 heteroatoms. The lowest BCUT2D eigenvalue weighted by Crippen LogP contribution is -2.32. The van der Waals surface area contributed by atoms with Crippen LogP contribution in [0, 0.1) is 6.92 Å². The maximum Gasteiger partial charge on any atom is 0.277 e. The summed E-state index contributed by atoms with van der Waals surface area (Å²) < 4.78 is 5.70. The zero-order valence-corrected chi connectivity index (χ0v) is 15.3. The predicted molar refractivity (Wildman–Crippen MR) is 104 cm³/mol. The molecule has 0 N–H and O–H groups in total. The summed E-state index contributed by atoms with van der Waals surface area (Å²) in [5.74, 6) is 0.624. The van der Waals surface area contributed by atoms with Crippen molar-refractivity contribution in [2.24, 2.45) is 0 Å². The molecule has 0 aliphatic heterocycles. The summed E-state index contributed by atoms with van der Waals surface area (Å²) in [5, 5.41) is 8.50. The van der Waals surface area contributed by atoms with E-state index in [2.05, 4.69) is 16.8 Å². The van der Waals surface area contributed by atoms with Gasteiger partial charge in [-0.05, 0) is 30.7 Å². The van der Waals surface area contributed by atoms with Crippen LogP contribution in [0.5, 0.6) is 0 Å². The van der Waals surface area contributed by atoms with Gasteiger partial charge in [0, 0.05) is 17.8 Å². The lowest BCUT2D eigenvalue weighted by molar-refractivity contribution is -0.116. The summed E-state index contributed by atoms with van der Waals surface area (Å²) in [6.07, 6.45) is 1.71. The highest BCUT2D eigenvalue weighted by Crippen LogP contribution is 2.26. The molecule has 3 rings (SSSR count). The number of anilines is 1. The number of aromatic nitrogens is 2. The van der Waals surface area contributed by atoms with Gasteiger partial charge in [0.15, 0.2) is 0 Å². The van der Waals surface area contributed by atoms with Gasteiger partial charge in [-0.1, -0.05) is 54.2 Å². The lowest BCUT2D eigenvalue weighted by atomic mass is 10.1. The van der Waals surface area contributed by atoms with E-state index in [0.29, 0.717) is 17.7 Å². The predicted octanol–water partition coefficient (Wildman–Crippen LogP) is 4.36. The van der Waals surface area contributed by atoms with Crippen molar-refractivity contribution in [3.05, 3.63) is 72.8 Å². The molecule has 132 valence electrons. The fourth-order valence-corrected chi connectivity index (χ4v) is 3.12. The maximum atomic E-state index is 12.6. The number of para-hydroxylation sites is 1. The van der Waals surface area contributed by atoms with Crippen molar-refractivity contribution < 1.29 is 9.21 Å². The molecule has 1 aromatic heterocycles. The van der Waals surface area contributed by atoms with Gasteiger partial charge >= 0.3 is 0 Å². The number of hydrogen-bond acceptors (Lipinski definition) is 5. The van der Waals surface area contributed by atoms with Gasteiger partial charge in [0.05, 0.1) is 5.75 Å². The first kappa shape index (κ1) is 17.9. The van der Waals surface area contributed by atoms with Crippen LogP contribution in [0.3, 0.4) is 0 Å². The Morgan fingerprint density at radius 2 is 1.88 bits per heavy atom. The highest BCUT2D eigenvalue weighted by atomic mass is 32.2. The molecule has 0 radical (unpaired) electrons. The van der Waals surface area contributed by atoms with Crippen LogP contribution in [-0.2, 0) is 4.79 Å². The average Bonchev–Trinajstić information content (AvgIpc) is 3.14. The summed E-state index contributed by atoms with van der Waals surface area (Å²) >= 11 is 1.23. The Labute approximate surface area is 156 Å². The molecule has 3 aromatic rings. The van der Waals surface area contributed by atoms with Crippen LogP contribution in [-0.4, -0.2) is 28.4 Å². The minimum absolute atomic E-state index is 0.0447. The van der Waals surface area contributed by atoms with E-state index in [4.69, 9.17) is 4.42 Å². The first-order chi connectivity index (χ1) is 12.7. The fraction of sp³-hybridized carbons (Fsp3) is 0.150. The Balaban J connectivity index is 1.67. The summed E-state index contributed by atoms with van der Waals surface area (Å²) in [4.78, 5) is 14.3. The lowest BCUT2D eigenvalue weighted by Gasteiger charge is -2.20. The SMILES string of the molecule is C=CCN(C(=O)CSc1nnc(-c2ccccc2C)o1)c1ccccc1. The number of hydrogen-bond donors (Lipinski definition) is 0. The third-order valence-corrected chi connectivity index (χ3v) is 4.58. The summed E-state index contributed by atoms with van der Waals surface area (Å²) in [5.41, 5.74) is 2.80. The largest absolute Gasteiger partial charge is 0.411 e. The molecule has 0 saturated carbocycles. The Morgan fingerprint density at radius 1 is 1.15 bits per heavy atom. The van der Waals surface area contributed by atoms with E-state index in [1.165, 1.54) is 11.8 Å². The number of benzene rings is 2. The maximum absolute atomic E-state index is 12.6. The number of aryl methyl sites for hydroxylation is 1. The molecule has 0 aliphatic carbocycles. The Bertz CT molecular complexity index is 893. The van der Waals surface area contributed by atoms with E-state index in [1.807, 2.05) is 61.5 Å². The first-order valence-corrected chi connectivity index (χ1v) is 9.16. The molecule has 1 heterocycles. The number of rotatable bonds is 7. The van der Waals surface area contributed by atoms with Crippen LogP contribution in [0.25, 0.3) is 11.5 Å². The quantitative estimate of drug-likeness (QED) is 0.460. The van der Waals surface area contributed by atoms with E-state index in [9.17, 15) is 4.79 Å². The molecule has 0 aliphatic rings. The third-order valence-electron chi connectivity index (χ3n) is 3.78. The molecular weight excluding hydrogens is 346 g/mol. The molecule has 26 heavy (non-hydrogen) atoms. The van der Waals surface area contributed by atoms with Gasteiger partial charge in [-0.25, -0.2) is 0 Å². The van der Waals surface area contributed by atoms with Gasteiger partial charge in [0.25, 0.3) is 5.22 Å².